The molecule has 2 unspecified atom stereocenters. The van der Waals surface area contributed by atoms with E-state index in [1.807, 2.05) is 18.2 Å². The highest BCUT2D eigenvalue weighted by Crippen LogP contribution is 2.35. The summed E-state index contributed by atoms with van der Waals surface area (Å²) in [6.45, 7) is 0. The average Bonchev–Trinajstić information content (AvgIpc) is 2.97. The van der Waals surface area contributed by atoms with Crippen LogP contribution in [0, 0.1) is 0 Å². The number of hydrogen-bond donors (Lipinski definition) is 2. The number of aromatic nitrogens is 2. The molecule has 2 atom stereocenters. The van der Waals surface area contributed by atoms with E-state index in [9.17, 15) is 4.79 Å². The maximum Gasteiger partial charge on any atom is 0.321 e. The highest BCUT2D eigenvalue weighted by atomic mass is 32.2. The van der Waals surface area contributed by atoms with Crippen molar-refractivity contribution >= 4 is 40.5 Å². The monoisotopic (exact) mass is 267 g/mol. The maximum absolute atomic E-state index is 10.9. The van der Waals surface area contributed by atoms with Gasteiger partial charge in [-0.3, -0.25) is 10.1 Å². The molecule has 0 spiro atoms. The third kappa shape index (κ3) is 1.90. The Morgan fingerprint density at radius 1 is 1.47 bits per heavy atom. The average molecular weight is 267 g/mol. The summed E-state index contributed by atoms with van der Waals surface area (Å²) in [5.74, 6) is -0.225. The molecule has 1 aliphatic heterocycles. The summed E-state index contributed by atoms with van der Waals surface area (Å²) >= 11 is 2.77. The van der Waals surface area contributed by atoms with Crippen molar-refractivity contribution in [1.82, 2.24) is 14.1 Å². The number of rotatable bonds is 2. The van der Waals surface area contributed by atoms with Gasteiger partial charge in [-0.25, -0.2) is 0 Å². The Labute approximate surface area is 106 Å². The standard InChI is InChI=1S/C10H9N3O2S2/c14-10(15)7-4-16-9(11-7)5-2-1-3-6-8(5)13-17-12-6/h1-3,7,9,11H,4H2,(H,14,15). The van der Waals surface area contributed by atoms with Gasteiger partial charge in [-0.05, 0) is 6.07 Å². The van der Waals surface area contributed by atoms with Gasteiger partial charge in [-0.1, -0.05) is 12.1 Å². The third-order valence-corrected chi connectivity index (χ3v) is 4.47. The minimum Gasteiger partial charge on any atom is -0.480 e. The van der Waals surface area contributed by atoms with E-state index in [1.54, 1.807) is 11.8 Å². The first-order valence-electron chi connectivity index (χ1n) is 5.07. The minimum absolute atomic E-state index is 0.0105. The molecular formula is C10H9N3O2S2. The van der Waals surface area contributed by atoms with E-state index < -0.39 is 12.0 Å². The van der Waals surface area contributed by atoms with Crippen molar-refractivity contribution < 1.29 is 9.90 Å². The fraction of sp³-hybridized carbons (Fsp3) is 0.300. The fourth-order valence-electron chi connectivity index (χ4n) is 1.83. The van der Waals surface area contributed by atoms with Crippen molar-refractivity contribution in [1.29, 1.82) is 0 Å². The van der Waals surface area contributed by atoms with Crippen LogP contribution < -0.4 is 5.32 Å². The van der Waals surface area contributed by atoms with E-state index in [4.69, 9.17) is 5.11 Å². The van der Waals surface area contributed by atoms with Crippen LogP contribution in [0.3, 0.4) is 0 Å². The summed E-state index contributed by atoms with van der Waals surface area (Å²) in [6, 6.07) is 5.33. The molecule has 1 saturated heterocycles. The topological polar surface area (TPSA) is 75.1 Å². The summed E-state index contributed by atoms with van der Waals surface area (Å²) in [4.78, 5) is 10.9. The molecule has 2 aromatic rings. The second-order valence-corrected chi connectivity index (χ2v) is 5.42. The van der Waals surface area contributed by atoms with Crippen LogP contribution in [0.15, 0.2) is 18.2 Å². The molecule has 0 aliphatic carbocycles. The maximum atomic E-state index is 10.9. The molecule has 2 N–H and O–H groups in total. The van der Waals surface area contributed by atoms with Gasteiger partial charge in [0.2, 0.25) is 0 Å². The van der Waals surface area contributed by atoms with Crippen molar-refractivity contribution in [3.8, 4) is 0 Å². The van der Waals surface area contributed by atoms with Crippen molar-refractivity contribution in [3.63, 3.8) is 0 Å². The number of benzene rings is 1. The SMILES string of the molecule is O=C(O)C1CSC(c2cccc3nsnc23)N1. The van der Waals surface area contributed by atoms with Gasteiger partial charge in [0.15, 0.2) is 0 Å². The number of carbonyl (C=O) groups is 1. The quantitative estimate of drug-likeness (QED) is 0.858. The largest absolute Gasteiger partial charge is 0.480 e. The van der Waals surface area contributed by atoms with Gasteiger partial charge in [0, 0.05) is 11.3 Å². The predicted molar refractivity (Wildman–Crippen MR) is 67.2 cm³/mol. The molecule has 0 amide bonds. The Morgan fingerprint density at radius 2 is 2.35 bits per heavy atom. The van der Waals surface area contributed by atoms with Gasteiger partial charge in [0.1, 0.15) is 17.1 Å². The minimum atomic E-state index is -0.802. The molecule has 1 aliphatic rings. The van der Waals surface area contributed by atoms with Crippen molar-refractivity contribution in [2.24, 2.45) is 0 Å². The third-order valence-electron chi connectivity index (χ3n) is 2.68. The van der Waals surface area contributed by atoms with Crippen LogP contribution in [0.2, 0.25) is 0 Å². The number of hydrogen-bond acceptors (Lipinski definition) is 6. The second-order valence-electron chi connectivity index (χ2n) is 3.75. The van der Waals surface area contributed by atoms with Crippen LogP contribution in [0.25, 0.3) is 11.0 Å². The molecular weight excluding hydrogens is 258 g/mol. The van der Waals surface area contributed by atoms with Crippen LogP contribution in [-0.2, 0) is 4.79 Å². The Kier molecular flexibility index (Phi) is 2.73. The van der Waals surface area contributed by atoms with Gasteiger partial charge in [-0.15, -0.1) is 11.8 Å². The number of nitrogens with zero attached hydrogens (tertiary/aromatic N) is 2. The molecule has 2 heterocycles. The zero-order chi connectivity index (χ0) is 11.8. The number of fused-ring (bicyclic) bond motifs is 1. The first kappa shape index (κ1) is 10.9. The van der Waals surface area contributed by atoms with Gasteiger partial charge in [-0.2, -0.15) is 8.75 Å². The fourth-order valence-corrected chi connectivity index (χ4v) is 3.64. The van der Waals surface area contributed by atoms with Crippen molar-refractivity contribution in [2.45, 2.75) is 11.4 Å². The van der Waals surface area contributed by atoms with E-state index >= 15 is 0 Å². The summed E-state index contributed by atoms with van der Waals surface area (Å²) in [5, 5.41) is 12.0. The molecule has 7 heteroatoms. The number of thioether (sulfide) groups is 1. The molecule has 1 aromatic carbocycles. The van der Waals surface area contributed by atoms with Crippen LogP contribution in [0.5, 0.6) is 0 Å². The van der Waals surface area contributed by atoms with E-state index in [-0.39, 0.29) is 5.37 Å². The summed E-state index contributed by atoms with van der Waals surface area (Å²) < 4.78 is 8.45. The summed E-state index contributed by atoms with van der Waals surface area (Å²) in [7, 11) is 0. The number of aliphatic carboxylic acids is 1. The smallest absolute Gasteiger partial charge is 0.321 e. The molecule has 17 heavy (non-hydrogen) atoms. The van der Waals surface area contributed by atoms with Crippen molar-refractivity contribution in [3.05, 3.63) is 23.8 Å². The lowest BCUT2D eigenvalue weighted by molar-refractivity contribution is -0.138. The van der Waals surface area contributed by atoms with Crippen LogP contribution in [0.1, 0.15) is 10.9 Å². The number of carboxylic acid groups (broad SMARTS) is 1. The Hall–Kier alpha value is -1.18. The number of carboxylic acids is 1. The summed E-state index contributed by atoms with van der Waals surface area (Å²) in [6.07, 6.45) is 0. The van der Waals surface area contributed by atoms with Crippen molar-refractivity contribution in [2.75, 3.05) is 5.75 Å². The molecule has 88 valence electrons. The van der Waals surface area contributed by atoms with E-state index in [0.29, 0.717) is 5.75 Å². The molecule has 5 nitrogen and oxygen atoms in total. The Morgan fingerprint density at radius 3 is 3.12 bits per heavy atom. The van der Waals surface area contributed by atoms with Crippen LogP contribution >= 0.6 is 23.5 Å². The highest BCUT2D eigenvalue weighted by Gasteiger charge is 2.31. The Balaban J connectivity index is 1.95. The van der Waals surface area contributed by atoms with Gasteiger partial charge < -0.3 is 5.11 Å². The van der Waals surface area contributed by atoms with Gasteiger partial charge in [0.25, 0.3) is 0 Å². The van der Waals surface area contributed by atoms with Gasteiger partial charge >= 0.3 is 5.97 Å². The zero-order valence-electron chi connectivity index (χ0n) is 8.66. The normalized spacial score (nSPS) is 24.2. The Bertz CT molecular complexity index is 571. The lowest BCUT2D eigenvalue weighted by Crippen LogP contribution is -2.33. The summed E-state index contributed by atoms with van der Waals surface area (Å²) in [5.41, 5.74) is 2.76. The highest BCUT2D eigenvalue weighted by molar-refractivity contribution is 7.99. The lowest BCUT2D eigenvalue weighted by Gasteiger charge is -2.11. The zero-order valence-corrected chi connectivity index (χ0v) is 10.3. The van der Waals surface area contributed by atoms with E-state index in [1.165, 1.54) is 11.7 Å². The molecule has 1 aromatic heterocycles. The first-order chi connectivity index (χ1) is 8.25. The van der Waals surface area contributed by atoms with Crippen LogP contribution in [-0.4, -0.2) is 31.6 Å². The van der Waals surface area contributed by atoms with E-state index in [0.717, 1.165) is 16.6 Å². The lowest BCUT2D eigenvalue weighted by atomic mass is 10.1. The molecule has 1 fully saturated rings. The van der Waals surface area contributed by atoms with Gasteiger partial charge in [0.05, 0.1) is 17.1 Å². The molecule has 0 bridgehead atoms. The van der Waals surface area contributed by atoms with Crippen LogP contribution in [0.4, 0.5) is 0 Å². The second kappa shape index (κ2) is 4.25. The molecule has 3 rings (SSSR count). The predicted octanol–water partition coefficient (Wildman–Crippen LogP) is 1.48. The molecule has 0 radical (unpaired) electrons. The first-order valence-corrected chi connectivity index (χ1v) is 6.85. The van der Waals surface area contributed by atoms with E-state index in [2.05, 4.69) is 14.1 Å². The number of nitrogens with one attached hydrogen (secondary N) is 1. The molecule has 0 saturated carbocycles.